The largest absolute Gasteiger partial charge is 0.493 e. The van der Waals surface area contributed by atoms with Gasteiger partial charge in [0.05, 0.1) is 24.3 Å². The molecule has 1 aliphatic rings. The summed E-state index contributed by atoms with van der Waals surface area (Å²) in [5.41, 5.74) is 2.57. The fraction of sp³-hybridized carbons (Fsp3) is 0.263. The quantitative estimate of drug-likeness (QED) is 0.851. The molecule has 0 amide bonds. The van der Waals surface area contributed by atoms with Crippen molar-refractivity contribution in [1.82, 2.24) is 0 Å². The number of methoxy groups -OCH3 is 1. The number of ether oxygens (including phenoxy) is 2. The summed E-state index contributed by atoms with van der Waals surface area (Å²) in [4.78, 5) is 0.388. The van der Waals surface area contributed by atoms with Crippen LogP contribution in [0.1, 0.15) is 24.5 Å². The third-order valence-corrected chi connectivity index (χ3v) is 5.59. The Hall–Kier alpha value is -2.47. The number of benzene rings is 2. The van der Waals surface area contributed by atoms with E-state index in [1.54, 1.807) is 24.3 Å². The summed E-state index contributed by atoms with van der Waals surface area (Å²) >= 11 is 0. The molecule has 0 spiro atoms. The van der Waals surface area contributed by atoms with Crippen LogP contribution in [0.4, 0.5) is 5.69 Å². The minimum absolute atomic E-state index is 0.388. The van der Waals surface area contributed by atoms with Gasteiger partial charge in [-0.25, -0.2) is 8.42 Å². The van der Waals surface area contributed by atoms with E-state index >= 15 is 0 Å². The Morgan fingerprint density at radius 2 is 1.88 bits per heavy atom. The van der Waals surface area contributed by atoms with Gasteiger partial charge in [-0.15, -0.1) is 0 Å². The molecule has 1 aliphatic carbocycles. The molecule has 0 saturated heterocycles. The molecule has 0 aliphatic heterocycles. The lowest BCUT2D eigenvalue weighted by molar-refractivity contribution is 0.311. The SMILES string of the molecule is CCOc1ccc(NS(=O)(=O)C2=Cc3ccccc3CC2)cc1OC. The molecule has 0 fully saturated rings. The Morgan fingerprint density at radius 1 is 1.08 bits per heavy atom. The first-order valence-electron chi connectivity index (χ1n) is 8.15. The molecule has 132 valence electrons. The highest BCUT2D eigenvalue weighted by Gasteiger charge is 2.22. The van der Waals surface area contributed by atoms with Gasteiger partial charge >= 0.3 is 0 Å². The first-order valence-corrected chi connectivity index (χ1v) is 9.64. The van der Waals surface area contributed by atoms with E-state index in [1.165, 1.54) is 12.7 Å². The molecule has 0 heterocycles. The number of hydrogen-bond donors (Lipinski definition) is 1. The monoisotopic (exact) mass is 359 g/mol. The van der Waals surface area contributed by atoms with E-state index in [-0.39, 0.29) is 0 Å². The van der Waals surface area contributed by atoms with Crippen molar-refractivity contribution < 1.29 is 17.9 Å². The van der Waals surface area contributed by atoms with Crippen molar-refractivity contribution in [2.24, 2.45) is 0 Å². The lowest BCUT2D eigenvalue weighted by Gasteiger charge is -2.18. The highest BCUT2D eigenvalue weighted by molar-refractivity contribution is 7.96. The number of rotatable bonds is 6. The number of fused-ring (bicyclic) bond motifs is 1. The van der Waals surface area contributed by atoms with E-state index in [4.69, 9.17) is 9.47 Å². The molecule has 0 saturated carbocycles. The van der Waals surface area contributed by atoms with Crippen molar-refractivity contribution in [1.29, 1.82) is 0 Å². The zero-order valence-electron chi connectivity index (χ0n) is 14.3. The van der Waals surface area contributed by atoms with Crippen molar-refractivity contribution in [3.63, 3.8) is 0 Å². The first-order chi connectivity index (χ1) is 12.0. The van der Waals surface area contributed by atoms with Gasteiger partial charge in [-0.05, 0) is 49.1 Å². The lowest BCUT2D eigenvalue weighted by atomic mass is 9.98. The second-order valence-electron chi connectivity index (χ2n) is 5.71. The number of allylic oxidation sites excluding steroid dienone is 1. The van der Waals surface area contributed by atoms with Gasteiger partial charge in [-0.1, -0.05) is 24.3 Å². The first kappa shape index (κ1) is 17.4. The highest BCUT2D eigenvalue weighted by atomic mass is 32.2. The number of anilines is 1. The fourth-order valence-electron chi connectivity index (χ4n) is 2.84. The maximum atomic E-state index is 12.7. The van der Waals surface area contributed by atoms with Crippen molar-refractivity contribution in [3.8, 4) is 11.5 Å². The molecular formula is C19H21NO4S. The lowest BCUT2D eigenvalue weighted by Crippen LogP contribution is -2.17. The van der Waals surface area contributed by atoms with E-state index in [1.807, 2.05) is 31.2 Å². The Labute approximate surface area is 148 Å². The predicted octanol–water partition coefficient (Wildman–Crippen LogP) is 3.82. The maximum absolute atomic E-state index is 12.7. The molecule has 0 bridgehead atoms. The third-order valence-electron chi connectivity index (χ3n) is 4.07. The topological polar surface area (TPSA) is 64.6 Å². The summed E-state index contributed by atoms with van der Waals surface area (Å²) in [5, 5.41) is 0. The van der Waals surface area contributed by atoms with Gasteiger partial charge in [0, 0.05) is 6.07 Å². The fourth-order valence-corrected chi connectivity index (χ4v) is 4.07. The van der Waals surface area contributed by atoms with Crippen LogP contribution in [-0.4, -0.2) is 22.1 Å². The van der Waals surface area contributed by atoms with Crippen LogP contribution >= 0.6 is 0 Å². The summed E-state index contributed by atoms with van der Waals surface area (Å²) in [6.07, 6.45) is 2.95. The number of aryl methyl sites for hydroxylation is 1. The van der Waals surface area contributed by atoms with Gasteiger partial charge in [0.25, 0.3) is 10.0 Å². The smallest absolute Gasteiger partial charge is 0.258 e. The molecule has 3 rings (SSSR count). The van der Waals surface area contributed by atoms with Crippen LogP contribution < -0.4 is 14.2 Å². The minimum Gasteiger partial charge on any atom is -0.493 e. The minimum atomic E-state index is -3.61. The van der Waals surface area contributed by atoms with Crippen LogP contribution in [0.25, 0.3) is 6.08 Å². The Balaban J connectivity index is 1.86. The molecule has 6 heteroatoms. The molecule has 2 aromatic carbocycles. The number of nitrogens with one attached hydrogen (secondary N) is 1. The average Bonchev–Trinajstić information content (AvgIpc) is 2.62. The van der Waals surface area contributed by atoms with E-state index in [0.29, 0.717) is 35.1 Å². The molecule has 2 aromatic rings. The van der Waals surface area contributed by atoms with Crippen molar-refractivity contribution in [2.45, 2.75) is 19.8 Å². The van der Waals surface area contributed by atoms with Crippen LogP contribution in [0.15, 0.2) is 47.4 Å². The van der Waals surface area contributed by atoms with E-state index < -0.39 is 10.0 Å². The number of sulfonamides is 1. The van der Waals surface area contributed by atoms with Gasteiger partial charge in [-0.3, -0.25) is 4.72 Å². The normalized spacial score (nSPS) is 13.6. The molecular weight excluding hydrogens is 338 g/mol. The maximum Gasteiger partial charge on any atom is 0.258 e. The van der Waals surface area contributed by atoms with Crippen LogP contribution in [0, 0.1) is 0 Å². The van der Waals surface area contributed by atoms with Gasteiger partial charge in [0.2, 0.25) is 0 Å². The van der Waals surface area contributed by atoms with Gasteiger partial charge in [0.15, 0.2) is 11.5 Å². The standard InChI is InChI=1S/C19H21NO4S/c1-3-24-18-11-9-16(13-19(18)23-2)20-25(21,22)17-10-8-14-6-4-5-7-15(14)12-17/h4-7,9,11-13,20H,3,8,10H2,1-2H3. The zero-order valence-corrected chi connectivity index (χ0v) is 15.1. The third kappa shape index (κ3) is 3.79. The average molecular weight is 359 g/mol. The van der Waals surface area contributed by atoms with Crippen LogP contribution in [0.2, 0.25) is 0 Å². The van der Waals surface area contributed by atoms with Gasteiger partial charge < -0.3 is 9.47 Å². The highest BCUT2D eigenvalue weighted by Crippen LogP contribution is 2.32. The van der Waals surface area contributed by atoms with Gasteiger partial charge in [-0.2, -0.15) is 0 Å². The summed E-state index contributed by atoms with van der Waals surface area (Å²) in [6, 6.07) is 12.8. The molecule has 0 atom stereocenters. The molecule has 0 unspecified atom stereocenters. The summed E-state index contributed by atoms with van der Waals surface area (Å²) < 4.78 is 38.8. The number of hydrogen-bond acceptors (Lipinski definition) is 4. The van der Waals surface area contributed by atoms with Crippen LogP contribution in [-0.2, 0) is 16.4 Å². The molecule has 5 nitrogen and oxygen atoms in total. The Bertz CT molecular complexity index is 903. The summed E-state index contributed by atoms with van der Waals surface area (Å²) in [5.74, 6) is 1.07. The molecule has 25 heavy (non-hydrogen) atoms. The van der Waals surface area contributed by atoms with E-state index in [9.17, 15) is 8.42 Å². The zero-order chi connectivity index (χ0) is 17.9. The Morgan fingerprint density at radius 3 is 2.64 bits per heavy atom. The van der Waals surface area contributed by atoms with Crippen molar-refractivity contribution in [3.05, 3.63) is 58.5 Å². The van der Waals surface area contributed by atoms with E-state index in [0.717, 1.165) is 12.0 Å². The van der Waals surface area contributed by atoms with Crippen LogP contribution in [0.5, 0.6) is 11.5 Å². The van der Waals surface area contributed by atoms with Crippen LogP contribution in [0.3, 0.4) is 0 Å². The van der Waals surface area contributed by atoms with E-state index in [2.05, 4.69) is 4.72 Å². The molecule has 0 aromatic heterocycles. The molecule has 0 radical (unpaired) electrons. The second-order valence-corrected chi connectivity index (χ2v) is 7.45. The van der Waals surface area contributed by atoms with Crippen molar-refractivity contribution >= 4 is 21.8 Å². The predicted molar refractivity (Wildman–Crippen MR) is 99.4 cm³/mol. The van der Waals surface area contributed by atoms with Crippen molar-refractivity contribution in [2.75, 3.05) is 18.4 Å². The summed E-state index contributed by atoms with van der Waals surface area (Å²) in [6.45, 7) is 2.39. The van der Waals surface area contributed by atoms with Gasteiger partial charge in [0.1, 0.15) is 0 Å². The molecule has 1 N–H and O–H groups in total. The summed E-state index contributed by atoms with van der Waals surface area (Å²) in [7, 11) is -2.09. The Kier molecular flexibility index (Phi) is 4.99. The second kappa shape index (κ2) is 7.19.